The lowest BCUT2D eigenvalue weighted by Crippen LogP contribution is -2.41. The molecule has 17 heavy (non-hydrogen) atoms. The first-order valence-corrected chi connectivity index (χ1v) is 5.28. The molecule has 0 unspecified atom stereocenters. The molecule has 0 atom stereocenters. The fourth-order valence-electron chi connectivity index (χ4n) is 1.45. The molecule has 0 radical (unpaired) electrons. The number of hydrogen-bond acceptors (Lipinski definition) is 4. The van der Waals surface area contributed by atoms with E-state index in [4.69, 9.17) is 9.31 Å². The summed E-state index contributed by atoms with van der Waals surface area (Å²) in [5.41, 5.74) is -0.789. The third-order valence-corrected chi connectivity index (χ3v) is 3.20. The normalized spacial score (nSPS) is 22.4. The van der Waals surface area contributed by atoms with Crippen molar-refractivity contribution >= 4 is 12.7 Å². The van der Waals surface area contributed by atoms with Crippen molar-refractivity contribution < 1.29 is 18.1 Å². The van der Waals surface area contributed by atoms with Crippen LogP contribution in [0.15, 0.2) is 6.20 Å². The minimum Gasteiger partial charge on any atom is -0.398 e. The molecule has 0 bridgehead atoms. The second kappa shape index (κ2) is 3.74. The standard InChI is InChI=1S/C9H14BF2N3O2/c1-8(2)9(3,4)17-10(16-8)6-5-13-15(14-6)7(11)12/h5,7H,1-4H3. The van der Waals surface area contributed by atoms with E-state index in [1.165, 1.54) is 6.20 Å². The highest BCUT2D eigenvalue weighted by Crippen LogP contribution is 2.36. The van der Waals surface area contributed by atoms with Crippen LogP contribution in [-0.2, 0) is 9.31 Å². The van der Waals surface area contributed by atoms with Crippen molar-refractivity contribution in [3.05, 3.63) is 6.20 Å². The Morgan fingerprint density at radius 1 is 1.24 bits per heavy atom. The molecule has 2 rings (SSSR count). The van der Waals surface area contributed by atoms with E-state index < -0.39 is 24.9 Å². The molecular weight excluding hydrogens is 231 g/mol. The van der Waals surface area contributed by atoms with Crippen molar-refractivity contribution in [3.8, 4) is 0 Å². The molecule has 1 aromatic heterocycles. The summed E-state index contributed by atoms with van der Waals surface area (Å²) in [7, 11) is -0.757. The van der Waals surface area contributed by atoms with E-state index in [9.17, 15) is 8.78 Å². The number of hydrogen-bond donors (Lipinski definition) is 0. The molecule has 1 aliphatic heterocycles. The summed E-state index contributed by atoms with van der Waals surface area (Å²) in [5, 5.41) is 7.08. The lowest BCUT2D eigenvalue weighted by atomic mass is 9.86. The van der Waals surface area contributed by atoms with Crippen LogP contribution in [-0.4, -0.2) is 33.3 Å². The molecule has 0 amide bonds. The Morgan fingerprint density at radius 3 is 2.18 bits per heavy atom. The maximum absolute atomic E-state index is 12.3. The number of rotatable bonds is 2. The van der Waals surface area contributed by atoms with E-state index in [0.29, 0.717) is 4.80 Å². The first-order chi connectivity index (χ1) is 7.73. The van der Waals surface area contributed by atoms with Gasteiger partial charge in [-0.3, -0.25) is 0 Å². The number of nitrogens with zero attached hydrogens (tertiary/aromatic N) is 3. The molecule has 1 aromatic rings. The highest BCUT2D eigenvalue weighted by molar-refractivity contribution is 6.61. The molecule has 94 valence electrons. The molecule has 0 spiro atoms. The highest BCUT2D eigenvalue weighted by Gasteiger charge is 2.52. The topological polar surface area (TPSA) is 49.2 Å². The fraction of sp³-hybridized carbons (Fsp3) is 0.778. The van der Waals surface area contributed by atoms with Gasteiger partial charge in [0, 0.05) is 0 Å². The van der Waals surface area contributed by atoms with Gasteiger partial charge in [0.1, 0.15) is 5.59 Å². The molecule has 1 saturated heterocycles. The van der Waals surface area contributed by atoms with Gasteiger partial charge in [-0.05, 0) is 27.7 Å². The van der Waals surface area contributed by atoms with Gasteiger partial charge in [0.2, 0.25) is 0 Å². The van der Waals surface area contributed by atoms with Crippen LogP contribution in [0.25, 0.3) is 0 Å². The van der Waals surface area contributed by atoms with Gasteiger partial charge in [-0.15, -0.1) is 4.80 Å². The first-order valence-electron chi connectivity index (χ1n) is 5.28. The zero-order valence-corrected chi connectivity index (χ0v) is 10.1. The summed E-state index contributed by atoms with van der Waals surface area (Å²) in [5.74, 6) is 0. The van der Waals surface area contributed by atoms with Gasteiger partial charge >= 0.3 is 13.7 Å². The van der Waals surface area contributed by atoms with Crippen LogP contribution >= 0.6 is 0 Å². The molecule has 0 aliphatic carbocycles. The minimum absolute atomic E-state index is 0.254. The third kappa shape index (κ3) is 2.06. The summed E-state index contributed by atoms with van der Waals surface area (Å²) < 4.78 is 36.0. The van der Waals surface area contributed by atoms with Crippen molar-refractivity contribution in [1.29, 1.82) is 0 Å². The smallest absolute Gasteiger partial charge is 0.398 e. The van der Waals surface area contributed by atoms with Crippen molar-refractivity contribution in [2.24, 2.45) is 0 Å². The minimum atomic E-state index is -2.76. The van der Waals surface area contributed by atoms with Crippen LogP contribution < -0.4 is 5.59 Å². The summed E-state index contributed by atoms with van der Waals surface area (Å²) in [6.45, 7) is 4.76. The van der Waals surface area contributed by atoms with Gasteiger partial charge < -0.3 is 9.31 Å². The molecule has 5 nitrogen and oxygen atoms in total. The molecular formula is C9H14BF2N3O2. The van der Waals surface area contributed by atoms with Crippen molar-refractivity contribution in [2.45, 2.75) is 45.4 Å². The lowest BCUT2D eigenvalue weighted by molar-refractivity contribution is 0.00578. The molecule has 0 N–H and O–H groups in total. The number of alkyl halides is 2. The largest absolute Gasteiger partial charge is 0.518 e. The zero-order valence-electron chi connectivity index (χ0n) is 10.1. The van der Waals surface area contributed by atoms with Crippen LogP contribution in [0.1, 0.15) is 34.2 Å². The van der Waals surface area contributed by atoms with Gasteiger partial charge in [0.15, 0.2) is 0 Å². The quantitative estimate of drug-likeness (QED) is 0.728. The predicted molar refractivity (Wildman–Crippen MR) is 57.0 cm³/mol. The van der Waals surface area contributed by atoms with Crippen LogP contribution in [0.5, 0.6) is 0 Å². The fourth-order valence-corrected chi connectivity index (χ4v) is 1.45. The Hall–Kier alpha value is -1.02. The Morgan fingerprint density at radius 2 is 1.76 bits per heavy atom. The molecule has 1 fully saturated rings. The summed E-state index contributed by atoms with van der Waals surface area (Å²) in [6.07, 6.45) is 1.23. The zero-order chi connectivity index (χ0) is 12.8. The van der Waals surface area contributed by atoms with E-state index in [-0.39, 0.29) is 5.59 Å². The van der Waals surface area contributed by atoms with Crippen LogP contribution in [0.2, 0.25) is 0 Å². The van der Waals surface area contributed by atoms with Gasteiger partial charge in [-0.2, -0.15) is 19.0 Å². The predicted octanol–water partition coefficient (Wildman–Crippen LogP) is 0.972. The van der Waals surface area contributed by atoms with Gasteiger partial charge in [0.25, 0.3) is 0 Å². The maximum Gasteiger partial charge on any atom is 0.518 e. The summed E-state index contributed by atoms with van der Waals surface area (Å²) in [6, 6.07) is 0. The molecule has 2 heterocycles. The SMILES string of the molecule is CC1(C)OB(c2cnn(C(F)F)n2)OC1(C)C. The molecule has 0 aromatic carbocycles. The first kappa shape index (κ1) is 12.4. The van der Waals surface area contributed by atoms with E-state index in [2.05, 4.69) is 10.2 Å². The Bertz CT molecular complexity index is 406. The highest BCUT2D eigenvalue weighted by atomic mass is 19.3. The van der Waals surface area contributed by atoms with E-state index in [1.54, 1.807) is 0 Å². The Kier molecular flexibility index (Phi) is 2.74. The monoisotopic (exact) mass is 245 g/mol. The Balaban J connectivity index is 2.20. The second-order valence-corrected chi connectivity index (χ2v) is 4.96. The molecule has 1 aliphatic rings. The van der Waals surface area contributed by atoms with Gasteiger partial charge in [0.05, 0.1) is 17.4 Å². The van der Waals surface area contributed by atoms with E-state index in [1.807, 2.05) is 27.7 Å². The van der Waals surface area contributed by atoms with Crippen LogP contribution in [0.3, 0.4) is 0 Å². The number of aromatic nitrogens is 3. The van der Waals surface area contributed by atoms with Gasteiger partial charge in [-0.25, -0.2) is 0 Å². The molecule has 8 heteroatoms. The average Bonchev–Trinajstić information content (AvgIpc) is 2.70. The summed E-state index contributed by atoms with van der Waals surface area (Å²) >= 11 is 0. The third-order valence-electron chi connectivity index (χ3n) is 3.20. The Labute approximate surface area is 98.2 Å². The van der Waals surface area contributed by atoms with E-state index in [0.717, 1.165) is 0 Å². The van der Waals surface area contributed by atoms with Crippen molar-refractivity contribution in [1.82, 2.24) is 15.0 Å². The van der Waals surface area contributed by atoms with Gasteiger partial charge in [-0.1, -0.05) is 0 Å². The van der Waals surface area contributed by atoms with Crippen LogP contribution in [0, 0.1) is 0 Å². The van der Waals surface area contributed by atoms with E-state index >= 15 is 0 Å². The molecule has 0 saturated carbocycles. The summed E-state index contributed by atoms with van der Waals surface area (Å²) in [4.78, 5) is 0.334. The maximum atomic E-state index is 12.3. The van der Waals surface area contributed by atoms with Crippen molar-refractivity contribution in [2.75, 3.05) is 0 Å². The second-order valence-electron chi connectivity index (χ2n) is 4.96. The van der Waals surface area contributed by atoms with Crippen molar-refractivity contribution in [3.63, 3.8) is 0 Å². The average molecular weight is 245 g/mol. The number of halogens is 2. The lowest BCUT2D eigenvalue weighted by Gasteiger charge is -2.32. The van der Waals surface area contributed by atoms with Crippen LogP contribution in [0.4, 0.5) is 8.78 Å².